The Kier molecular flexibility index (Phi) is 6.09. The Balaban J connectivity index is 3.68. The average molecular weight is 221 g/mol. The largest absolute Gasteiger partial charge is 0.310 e. The molecule has 0 rings (SSSR count). The van der Waals surface area contributed by atoms with Crippen molar-refractivity contribution in [2.75, 3.05) is 12.8 Å². The van der Waals surface area contributed by atoms with Crippen LogP contribution < -0.4 is 5.32 Å². The SMILES string of the molecule is CNC(CSSC(C)(C)C)C(C)=O. The van der Waals surface area contributed by atoms with Crippen LogP contribution in [0.3, 0.4) is 0 Å². The second kappa shape index (κ2) is 5.94. The number of ketones is 1. The molecule has 0 radical (unpaired) electrons. The van der Waals surface area contributed by atoms with E-state index >= 15 is 0 Å². The number of nitrogens with one attached hydrogen (secondary N) is 1. The smallest absolute Gasteiger partial charge is 0.147 e. The van der Waals surface area contributed by atoms with Gasteiger partial charge in [-0.2, -0.15) is 0 Å². The standard InChI is InChI=1S/C9H19NOS2/c1-7(11)8(10-5)6-12-13-9(2,3)4/h8,10H,6H2,1-5H3. The van der Waals surface area contributed by atoms with Gasteiger partial charge >= 0.3 is 0 Å². The molecular formula is C9H19NOS2. The van der Waals surface area contributed by atoms with Gasteiger partial charge in [0.1, 0.15) is 5.78 Å². The summed E-state index contributed by atoms with van der Waals surface area (Å²) in [6.45, 7) is 8.15. The van der Waals surface area contributed by atoms with E-state index in [-0.39, 0.29) is 16.6 Å². The van der Waals surface area contributed by atoms with Gasteiger partial charge in [-0.1, -0.05) is 42.4 Å². The van der Waals surface area contributed by atoms with Crippen LogP contribution in [-0.2, 0) is 4.79 Å². The molecule has 2 nitrogen and oxygen atoms in total. The molecule has 0 amide bonds. The van der Waals surface area contributed by atoms with Crippen LogP contribution in [0.4, 0.5) is 0 Å². The summed E-state index contributed by atoms with van der Waals surface area (Å²) < 4.78 is 0.264. The first kappa shape index (κ1) is 13.3. The van der Waals surface area contributed by atoms with E-state index in [1.807, 2.05) is 17.8 Å². The van der Waals surface area contributed by atoms with Crippen molar-refractivity contribution in [3.8, 4) is 0 Å². The van der Waals surface area contributed by atoms with E-state index in [2.05, 4.69) is 26.1 Å². The van der Waals surface area contributed by atoms with Gasteiger partial charge in [-0.3, -0.25) is 4.79 Å². The monoisotopic (exact) mass is 221 g/mol. The van der Waals surface area contributed by atoms with Gasteiger partial charge in [-0.15, -0.1) is 0 Å². The predicted molar refractivity (Wildman–Crippen MR) is 63.3 cm³/mol. The molecule has 0 aromatic heterocycles. The van der Waals surface area contributed by atoms with Crippen molar-refractivity contribution in [1.29, 1.82) is 0 Å². The first-order valence-corrected chi connectivity index (χ1v) is 6.67. The van der Waals surface area contributed by atoms with Crippen LogP contribution in [0.25, 0.3) is 0 Å². The minimum Gasteiger partial charge on any atom is -0.310 e. The van der Waals surface area contributed by atoms with Crippen LogP contribution in [0.5, 0.6) is 0 Å². The first-order valence-electron chi connectivity index (χ1n) is 4.35. The van der Waals surface area contributed by atoms with E-state index < -0.39 is 0 Å². The number of Topliss-reactive ketones (excluding diaryl/α,β-unsaturated/α-hetero) is 1. The summed E-state index contributed by atoms with van der Waals surface area (Å²) in [6.07, 6.45) is 0. The Morgan fingerprint density at radius 2 is 2.00 bits per heavy atom. The second-order valence-corrected chi connectivity index (χ2v) is 7.10. The summed E-state index contributed by atoms with van der Waals surface area (Å²) in [4.78, 5) is 11.0. The van der Waals surface area contributed by atoms with E-state index in [9.17, 15) is 4.79 Å². The molecule has 1 N–H and O–H groups in total. The molecule has 0 aromatic carbocycles. The molecule has 0 aliphatic heterocycles. The Morgan fingerprint density at radius 1 is 1.46 bits per heavy atom. The molecule has 1 unspecified atom stereocenters. The highest BCUT2D eigenvalue weighted by Crippen LogP contribution is 2.35. The van der Waals surface area contributed by atoms with Crippen molar-refractivity contribution >= 4 is 27.4 Å². The zero-order chi connectivity index (χ0) is 10.5. The lowest BCUT2D eigenvalue weighted by Crippen LogP contribution is -2.34. The van der Waals surface area contributed by atoms with Gasteiger partial charge < -0.3 is 5.32 Å². The second-order valence-electron chi connectivity index (χ2n) is 3.93. The van der Waals surface area contributed by atoms with Crippen molar-refractivity contribution < 1.29 is 4.79 Å². The van der Waals surface area contributed by atoms with Crippen LogP contribution in [0, 0.1) is 0 Å². The molecule has 0 heterocycles. The van der Waals surface area contributed by atoms with Gasteiger partial charge in [0, 0.05) is 10.5 Å². The summed E-state index contributed by atoms with van der Waals surface area (Å²) in [5.41, 5.74) is 0. The van der Waals surface area contributed by atoms with Gasteiger partial charge in [0.05, 0.1) is 6.04 Å². The van der Waals surface area contributed by atoms with Gasteiger partial charge in [0.25, 0.3) is 0 Å². The van der Waals surface area contributed by atoms with E-state index in [0.717, 1.165) is 5.75 Å². The third kappa shape index (κ3) is 7.40. The van der Waals surface area contributed by atoms with Crippen molar-refractivity contribution in [2.45, 2.75) is 38.5 Å². The molecular weight excluding hydrogens is 202 g/mol. The molecule has 13 heavy (non-hydrogen) atoms. The van der Waals surface area contributed by atoms with Crippen LogP contribution in [-0.4, -0.2) is 29.4 Å². The van der Waals surface area contributed by atoms with Crippen molar-refractivity contribution in [1.82, 2.24) is 5.32 Å². The molecule has 0 saturated carbocycles. The normalized spacial score (nSPS) is 14.2. The summed E-state index contributed by atoms with van der Waals surface area (Å²) >= 11 is 0. The third-order valence-corrected chi connectivity index (χ3v) is 4.73. The Hall–Kier alpha value is 0.330. The van der Waals surface area contributed by atoms with Crippen molar-refractivity contribution in [3.05, 3.63) is 0 Å². The van der Waals surface area contributed by atoms with Crippen LogP contribution in [0.1, 0.15) is 27.7 Å². The topological polar surface area (TPSA) is 29.1 Å². The number of rotatable bonds is 5. The lowest BCUT2D eigenvalue weighted by atomic mass is 10.2. The van der Waals surface area contributed by atoms with Gasteiger partial charge in [-0.25, -0.2) is 0 Å². The maximum atomic E-state index is 11.0. The highest BCUT2D eigenvalue weighted by atomic mass is 33.1. The van der Waals surface area contributed by atoms with Crippen LogP contribution >= 0.6 is 21.6 Å². The van der Waals surface area contributed by atoms with Gasteiger partial charge in [0.2, 0.25) is 0 Å². The van der Waals surface area contributed by atoms with E-state index in [1.165, 1.54) is 0 Å². The molecule has 0 aliphatic carbocycles. The maximum absolute atomic E-state index is 11.0. The predicted octanol–water partition coefficient (Wildman–Crippen LogP) is 2.34. The molecule has 0 saturated heterocycles. The fourth-order valence-electron chi connectivity index (χ4n) is 0.683. The van der Waals surface area contributed by atoms with Gasteiger partial charge in [-0.05, 0) is 14.0 Å². The fourth-order valence-corrected chi connectivity index (χ4v) is 3.31. The van der Waals surface area contributed by atoms with Gasteiger partial charge in [0.15, 0.2) is 0 Å². The minimum atomic E-state index is -0.000139. The molecule has 0 aromatic rings. The molecule has 78 valence electrons. The fraction of sp³-hybridized carbons (Fsp3) is 0.889. The Bertz CT molecular complexity index is 165. The number of hydrogen-bond acceptors (Lipinski definition) is 4. The summed E-state index contributed by atoms with van der Waals surface area (Å²) in [6, 6.07) is -0.000139. The van der Waals surface area contributed by atoms with E-state index in [0.29, 0.717) is 0 Å². The number of carbonyl (C=O) groups excluding carboxylic acids is 1. The third-order valence-electron chi connectivity index (χ3n) is 1.38. The zero-order valence-corrected chi connectivity index (χ0v) is 10.6. The molecule has 4 heteroatoms. The minimum absolute atomic E-state index is 0.000139. The zero-order valence-electron chi connectivity index (χ0n) is 9.01. The number of carbonyl (C=O) groups is 1. The lowest BCUT2D eigenvalue weighted by Gasteiger charge is -2.18. The Labute approximate surface area is 89.0 Å². The number of hydrogen-bond donors (Lipinski definition) is 1. The number of likely N-dealkylation sites (N-methyl/N-ethyl adjacent to an activating group) is 1. The van der Waals surface area contributed by atoms with Crippen LogP contribution in [0.15, 0.2) is 0 Å². The quantitative estimate of drug-likeness (QED) is 0.722. The molecule has 0 aliphatic rings. The first-order chi connectivity index (χ1) is 5.87. The highest BCUT2D eigenvalue weighted by molar-refractivity contribution is 8.77. The average Bonchev–Trinajstić information content (AvgIpc) is 1.95. The van der Waals surface area contributed by atoms with Crippen molar-refractivity contribution in [3.63, 3.8) is 0 Å². The molecule has 0 fully saturated rings. The summed E-state index contributed by atoms with van der Waals surface area (Å²) in [5.74, 6) is 1.05. The molecule has 1 atom stereocenters. The maximum Gasteiger partial charge on any atom is 0.147 e. The Morgan fingerprint density at radius 3 is 2.31 bits per heavy atom. The molecule has 0 spiro atoms. The summed E-state index contributed by atoms with van der Waals surface area (Å²) in [5, 5.41) is 3.00. The summed E-state index contributed by atoms with van der Waals surface area (Å²) in [7, 11) is 5.40. The molecule has 0 bridgehead atoms. The van der Waals surface area contributed by atoms with E-state index in [4.69, 9.17) is 0 Å². The van der Waals surface area contributed by atoms with Crippen molar-refractivity contribution in [2.24, 2.45) is 0 Å². The van der Waals surface area contributed by atoms with E-state index in [1.54, 1.807) is 17.7 Å². The highest BCUT2D eigenvalue weighted by Gasteiger charge is 2.15. The lowest BCUT2D eigenvalue weighted by molar-refractivity contribution is -0.118. The van der Waals surface area contributed by atoms with Crippen LogP contribution in [0.2, 0.25) is 0 Å².